The van der Waals surface area contributed by atoms with Gasteiger partial charge >= 0.3 is 5.97 Å². The molecule has 1 aromatic heterocycles. The summed E-state index contributed by atoms with van der Waals surface area (Å²) in [5, 5.41) is 5.65. The van der Waals surface area contributed by atoms with Crippen LogP contribution in [0.3, 0.4) is 0 Å². The van der Waals surface area contributed by atoms with E-state index in [1.165, 1.54) is 18.4 Å². The van der Waals surface area contributed by atoms with E-state index >= 15 is 0 Å². The molecule has 1 N–H and O–H groups in total. The lowest BCUT2D eigenvalue weighted by Gasteiger charge is -2.08. The van der Waals surface area contributed by atoms with Gasteiger partial charge in [0.15, 0.2) is 10.8 Å². The van der Waals surface area contributed by atoms with E-state index in [2.05, 4.69) is 28.9 Å². The van der Waals surface area contributed by atoms with E-state index < -0.39 is 5.97 Å². The fraction of sp³-hybridized carbons (Fsp3) is 0.556. The third kappa shape index (κ3) is 2.70. The number of nitrogens with one attached hydrogen (secondary N) is 1. The molecular weight excluding hydrogens is 200 g/mol. The van der Waals surface area contributed by atoms with Gasteiger partial charge in [-0.1, -0.05) is 6.92 Å². The van der Waals surface area contributed by atoms with Crippen LogP contribution in [0, 0.1) is 0 Å². The molecule has 0 fully saturated rings. The Bertz CT molecular complexity index is 312. The van der Waals surface area contributed by atoms with E-state index in [4.69, 9.17) is 0 Å². The maximum absolute atomic E-state index is 11.1. The minimum absolute atomic E-state index is 0.364. The van der Waals surface area contributed by atoms with E-state index in [1.807, 2.05) is 0 Å². The van der Waals surface area contributed by atoms with Gasteiger partial charge < -0.3 is 10.1 Å². The van der Waals surface area contributed by atoms with Crippen molar-refractivity contribution in [3.8, 4) is 0 Å². The lowest BCUT2D eigenvalue weighted by molar-refractivity contribution is 0.0595. The molecule has 1 heterocycles. The van der Waals surface area contributed by atoms with Crippen molar-refractivity contribution < 1.29 is 9.53 Å². The van der Waals surface area contributed by atoms with Gasteiger partial charge in [0, 0.05) is 11.4 Å². The van der Waals surface area contributed by atoms with Crippen molar-refractivity contribution >= 4 is 22.4 Å². The van der Waals surface area contributed by atoms with E-state index in [9.17, 15) is 4.79 Å². The largest absolute Gasteiger partial charge is 0.464 e. The average Bonchev–Trinajstić information content (AvgIpc) is 2.65. The molecular formula is C9H14N2O2S. The predicted octanol–water partition coefficient (Wildman–Crippen LogP) is 2.14. The second-order valence-corrected chi connectivity index (χ2v) is 3.84. The summed E-state index contributed by atoms with van der Waals surface area (Å²) in [6.07, 6.45) is 1.02. The minimum atomic E-state index is -0.390. The topological polar surface area (TPSA) is 51.2 Å². The number of hydrogen-bond donors (Lipinski definition) is 1. The van der Waals surface area contributed by atoms with Crippen LogP contribution in [-0.2, 0) is 4.74 Å². The number of nitrogens with zero attached hydrogens (tertiary/aromatic N) is 1. The van der Waals surface area contributed by atoms with Crippen molar-refractivity contribution in [2.45, 2.75) is 26.3 Å². The van der Waals surface area contributed by atoms with Gasteiger partial charge in [0.25, 0.3) is 0 Å². The number of aromatic nitrogens is 1. The fourth-order valence-corrected chi connectivity index (χ4v) is 1.64. The lowest BCUT2D eigenvalue weighted by Crippen LogP contribution is -2.13. The molecule has 5 heteroatoms. The van der Waals surface area contributed by atoms with Gasteiger partial charge in [0.05, 0.1) is 7.11 Å². The normalized spacial score (nSPS) is 12.2. The zero-order valence-corrected chi connectivity index (χ0v) is 9.35. The summed E-state index contributed by atoms with van der Waals surface area (Å²) in [5.74, 6) is -0.390. The summed E-state index contributed by atoms with van der Waals surface area (Å²) in [7, 11) is 1.35. The molecule has 0 aliphatic rings. The first kappa shape index (κ1) is 11.0. The van der Waals surface area contributed by atoms with Crippen LogP contribution in [0.15, 0.2) is 5.38 Å². The summed E-state index contributed by atoms with van der Waals surface area (Å²) in [4.78, 5) is 15.2. The van der Waals surface area contributed by atoms with Crippen LogP contribution < -0.4 is 5.32 Å². The van der Waals surface area contributed by atoms with Crippen LogP contribution in [0.5, 0.6) is 0 Å². The quantitative estimate of drug-likeness (QED) is 0.780. The molecule has 0 aliphatic heterocycles. The molecule has 1 aromatic rings. The van der Waals surface area contributed by atoms with Crippen LogP contribution in [0.4, 0.5) is 5.13 Å². The second-order valence-electron chi connectivity index (χ2n) is 2.98. The van der Waals surface area contributed by atoms with E-state index in [-0.39, 0.29) is 0 Å². The highest BCUT2D eigenvalue weighted by Gasteiger charge is 2.11. The Labute approximate surface area is 87.3 Å². The Balaban J connectivity index is 2.63. The Morgan fingerprint density at radius 3 is 3.07 bits per heavy atom. The summed E-state index contributed by atoms with van der Waals surface area (Å²) < 4.78 is 4.56. The molecule has 1 atom stereocenters. The van der Waals surface area contributed by atoms with Gasteiger partial charge in [-0.05, 0) is 13.3 Å². The third-order valence-corrected chi connectivity index (χ3v) is 2.65. The van der Waals surface area contributed by atoms with Gasteiger partial charge in [-0.2, -0.15) is 0 Å². The molecule has 4 nitrogen and oxygen atoms in total. The zero-order chi connectivity index (χ0) is 10.6. The monoisotopic (exact) mass is 214 g/mol. The molecule has 78 valence electrons. The van der Waals surface area contributed by atoms with Gasteiger partial charge in [0.2, 0.25) is 0 Å². The second kappa shape index (κ2) is 4.95. The van der Waals surface area contributed by atoms with Crippen molar-refractivity contribution in [1.29, 1.82) is 0 Å². The number of carbonyl (C=O) groups excluding carboxylic acids is 1. The van der Waals surface area contributed by atoms with Crippen LogP contribution in [0.1, 0.15) is 30.8 Å². The Kier molecular flexibility index (Phi) is 3.88. The SMILES string of the molecule is CCC(C)Nc1nc(C(=O)OC)cs1. The Hall–Kier alpha value is -1.10. The zero-order valence-electron chi connectivity index (χ0n) is 8.53. The molecule has 1 rings (SSSR count). The molecule has 0 saturated heterocycles. The van der Waals surface area contributed by atoms with Gasteiger partial charge in [-0.15, -0.1) is 11.3 Å². The first-order valence-corrected chi connectivity index (χ1v) is 5.35. The number of anilines is 1. The summed E-state index contributed by atoms with van der Waals surface area (Å²) in [6, 6.07) is 0.367. The van der Waals surface area contributed by atoms with Crippen LogP contribution >= 0.6 is 11.3 Å². The first-order chi connectivity index (χ1) is 6.67. The Morgan fingerprint density at radius 2 is 2.50 bits per heavy atom. The average molecular weight is 214 g/mol. The summed E-state index contributed by atoms with van der Waals surface area (Å²) in [6.45, 7) is 4.16. The number of hydrogen-bond acceptors (Lipinski definition) is 5. The minimum Gasteiger partial charge on any atom is -0.464 e. The number of carbonyl (C=O) groups is 1. The third-order valence-electron chi connectivity index (χ3n) is 1.88. The predicted molar refractivity (Wildman–Crippen MR) is 56.8 cm³/mol. The van der Waals surface area contributed by atoms with Gasteiger partial charge in [-0.3, -0.25) is 0 Å². The maximum Gasteiger partial charge on any atom is 0.357 e. The highest BCUT2D eigenvalue weighted by atomic mass is 32.1. The smallest absolute Gasteiger partial charge is 0.357 e. The molecule has 0 aromatic carbocycles. The van der Waals surface area contributed by atoms with Gasteiger partial charge in [0.1, 0.15) is 0 Å². The van der Waals surface area contributed by atoms with Crippen molar-refractivity contribution in [1.82, 2.24) is 4.98 Å². The van der Waals surface area contributed by atoms with Crippen molar-refractivity contribution in [3.63, 3.8) is 0 Å². The van der Waals surface area contributed by atoms with Crippen LogP contribution in [0.25, 0.3) is 0 Å². The molecule has 0 aliphatic carbocycles. The summed E-state index contributed by atoms with van der Waals surface area (Å²) in [5.41, 5.74) is 0.364. The van der Waals surface area contributed by atoms with E-state index in [0.29, 0.717) is 11.7 Å². The Morgan fingerprint density at radius 1 is 1.79 bits per heavy atom. The molecule has 0 radical (unpaired) electrons. The van der Waals surface area contributed by atoms with Crippen molar-refractivity contribution in [2.75, 3.05) is 12.4 Å². The van der Waals surface area contributed by atoms with E-state index in [0.717, 1.165) is 11.6 Å². The number of thiazole rings is 1. The molecule has 0 spiro atoms. The van der Waals surface area contributed by atoms with Gasteiger partial charge in [-0.25, -0.2) is 9.78 Å². The van der Waals surface area contributed by atoms with Crippen molar-refractivity contribution in [2.24, 2.45) is 0 Å². The maximum atomic E-state index is 11.1. The van der Waals surface area contributed by atoms with Crippen molar-refractivity contribution in [3.05, 3.63) is 11.1 Å². The molecule has 0 bridgehead atoms. The van der Waals surface area contributed by atoms with Crippen LogP contribution in [-0.4, -0.2) is 24.1 Å². The number of esters is 1. The standard InChI is InChI=1S/C9H14N2O2S/c1-4-6(2)10-9-11-7(5-14-9)8(12)13-3/h5-6H,4H2,1-3H3,(H,10,11). The summed E-state index contributed by atoms with van der Waals surface area (Å²) >= 11 is 1.41. The molecule has 0 saturated carbocycles. The number of methoxy groups -OCH3 is 1. The number of rotatable bonds is 4. The fourth-order valence-electron chi connectivity index (χ4n) is 0.851. The lowest BCUT2D eigenvalue weighted by atomic mass is 10.3. The molecule has 1 unspecified atom stereocenters. The molecule has 14 heavy (non-hydrogen) atoms. The first-order valence-electron chi connectivity index (χ1n) is 4.47. The molecule has 0 amide bonds. The van der Waals surface area contributed by atoms with E-state index in [1.54, 1.807) is 5.38 Å². The highest BCUT2D eigenvalue weighted by molar-refractivity contribution is 7.13. The van der Waals surface area contributed by atoms with Crippen LogP contribution in [0.2, 0.25) is 0 Å². The highest BCUT2D eigenvalue weighted by Crippen LogP contribution is 2.17. The number of ether oxygens (including phenoxy) is 1.